The van der Waals surface area contributed by atoms with E-state index in [1.807, 2.05) is 7.05 Å². The largest absolute Gasteiger partial charge is 0.481 e. The van der Waals surface area contributed by atoms with E-state index in [-0.39, 0.29) is 17.7 Å². The van der Waals surface area contributed by atoms with E-state index in [0.717, 1.165) is 0 Å². The summed E-state index contributed by atoms with van der Waals surface area (Å²) < 4.78 is 0. The van der Waals surface area contributed by atoms with Crippen molar-refractivity contribution in [3.63, 3.8) is 0 Å². The number of benzene rings is 1. The van der Waals surface area contributed by atoms with Crippen LogP contribution in [0.2, 0.25) is 0 Å². The van der Waals surface area contributed by atoms with E-state index in [1.54, 1.807) is 4.90 Å². The molecule has 1 aromatic rings. The zero-order valence-corrected chi connectivity index (χ0v) is 14.1. The molecular weight excluding hydrogens is 278 g/mol. The Balaban J connectivity index is 2.51. The van der Waals surface area contributed by atoms with Gasteiger partial charge in [0.05, 0.1) is 0 Å². The highest BCUT2D eigenvalue weighted by Crippen LogP contribution is 2.24. The minimum atomic E-state index is -0.804. The molecule has 0 heterocycles. The maximum absolute atomic E-state index is 12.1. The summed E-state index contributed by atoms with van der Waals surface area (Å²) >= 11 is 0. The molecule has 4 nitrogen and oxygen atoms in total. The summed E-state index contributed by atoms with van der Waals surface area (Å²) in [6, 6.07) is 8.40. The molecule has 1 N–H and O–H groups in total. The van der Waals surface area contributed by atoms with Crippen molar-refractivity contribution >= 4 is 11.9 Å². The topological polar surface area (TPSA) is 57.6 Å². The number of hydrogen-bond donors (Lipinski definition) is 1. The Hall–Kier alpha value is -1.84. The fourth-order valence-corrected chi connectivity index (χ4v) is 2.52. The Kier molecular flexibility index (Phi) is 6.60. The first kappa shape index (κ1) is 18.2. The number of hydrogen-bond acceptors (Lipinski definition) is 2. The lowest BCUT2D eigenvalue weighted by Crippen LogP contribution is -2.38. The number of rotatable bonds is 8. The monoisotopic (exact) mass is 305 g/mol. The van der Waals surface area contributed by atoms with Crippen LogP contribution in [0.5, 0.6) is 0 Å². The molecule has 0 saturated heterocycles. The minimum absolute atomic E-state index is 0.0746. The van der Waals surface area contributed by atoms with E-state index in [4.69, 9.17) is 5.11 Å². The fourth-order valence-electron chi connectivity index (χ4n) is 2.52. The predicted molar refractivity (Wildman–Crippen MR) is 87.9 cm³/mol. The van der Waals surface area contributed by atoms with Crippen LogP contribution in [-0.4, -0.2) is 35.5 Å². The summed E-state index contributed by atoms with van der Waals surface area (Å²) in [6.07, 6.45) is 1.72. The van der Waals surface area contributed by atoms with E-state index >= 15 is 0 Å². The van der Waals surface area contributed by atoms with E-state index in [2.05, 4.69) is 45.0 Å². The minimum Gasteiger partial charge on any atom is -0.481 e. The van der Waals surface area contributed by atoms with Gasteiger partial charge in [-0.2, -0.15) is 0 Å². The molecule has 4 heteroatoms. The van der Waals surface area contributed by atoms with Crippen LogP contribution in [0.4, 0.5) is 0 Å². The average molecular weight is 305 g/mol. The summed E-state index contributed by atoms with van der Waals surface area (Å²) in [4.78, 5) is 24.3. The van der Waals surface area contributed by atoms with Gasteiger partial charge in [0.1, 0.15) is 0 Å². The Morgan fingerprint density at radius 3 is 2.18 bits per heavy atom. The zero-order chi connectivity index (χ0) is 16.8. The van der Waals surface area contributed by atoms with Gasteiger partial charge in [-0.3, -0.25) is 9.59 Å². The highest BCUT2D eigenvalue weighted by atomic mass is 16.4. The van der Waals surface area contributed by atoms with Gasteiger partial charge in [0.25, 0.3) is 0 Å². The van der Waals surface area contributed by atoms with E-state index in [1.165, 1.54) is 11.1 Å². The third kappa shape index (κ3) is 5.88. The van der Waals surface area contributed by atoms with Crippen molar-refractivity contribution in [3.8, 4) is 0 Å². The first-order chi connectivity index (χ1) is 10.2. The summed E-state index contributed by atoms with van der Waals surface area (Å²) in [5, 5.41) is 8.59. The van der Waals surface area contributed by atoms with Crippen molar-refractivity contribution in [2.75, 3.05) is 13.6 Å². The molecule has 0 aliphatic heterocycles. The van der Waals surface area contributed by atoms with Crippen molar-refractivity contribution in [1.82, 2.24) is 4.90 Å². The summed E-state index contributed by atoms with van der Waals surface area (Å²) in [5.74, 6) is -0.730. The number of aliphatic carboxylic acids is 1. The van der Waals surface area contributed by atoms with Crippen LogP contribution >= 0.6 is 0 Å². The molecule has 0 aliphatic carbocycles. The van der Waals surface area contributed by atoms with Crippen LogP contribution in [0.3, 0.4) is 0 Å². The molecule has 1 rings (SSSR count). The molecule has 0 saturated carbocycles. The number of likely N-dealkylation sites (N-methyl/N-ethyl adjacent to an activating group) is 1. The van der Waals surface area contributed by atoms with Crippen molar-refractivity contribution in [2.24, 2.45) is 0 Å². The highest BCUT2D eigenvalue weighted by molar-refractivity contribution is 5.76. The maximum atomic E-state index is 12.1. The Bertz CT molecular complexity index is 506. The number of carbonyl (C=O) groups excluding carboxylic acids is 1. The molecule has 1 aromatic carbocycles. The zero-order valence-electron chi connectivity index (χ0n) is 14.1. The third-order valence-corrected chi connectivity index (χ3v) is 3.92. The van der Waals surface area contributed by atoms with Gasteiger partial charge >= 0.3 is 5.97 Å². The van der Waals surface area contributed by atoms with Crippen LogP contribution in [0.25, 0.3) is 0 Å². The molecule has 1 amide bonds. The third-order valence-electron chi connectivity index (χ3n) is 3.92. The lowest BCUT2D eigenvalue weighted by molar-refractivity contribution is -0.137. The molecule has 0 atom stereocenters. The number of aryl methyl sites for hydroxylation is 1. The van der Waals surface area contributed by atoms with Gasteiger partial charge in [0, 0.05) is 31.8 Å². The number of carboxylic acid groups (broad SMARTS) is 1. The molecule has 0 bridgehead atoms. The molecule has 122 valence electrons. The van der Waals surface area contributed by atoms with Gasteiger partial charge in [-0.05, 0) is 25.3 Å². The van der Waals surface area contributed by atoms with Crippen molar-refractivity contribution in [1.29, 1.82) is 0 Å². The smallest absolute Gasteiger partial charge is 0.303 e. The van der Waals surface area contributed by atoms with E-state index in [9.17, 15) is 9.59 Å². The van der Waals surface area contributed by atoms with Gasteiger partial charge in [-0.1, -0.05) is 43.7 Å². The Morgan fingerprint density at radius 1 is 1.09 bits per heavy atom. The molecule has 22 heavy (non-hydrogen) atoms. The van der Waals surface area contributed by atoms with Gasteiger partial charge in [-0.15, -0.1) is 0 Å². The number of amides is 1. The summed E-state index contributed by atoms with van der Waals surface area (Å²) in [7, 11) is 1.81. The van der Waals surface area contributed by atoms with Crippen molar-refractivity contribution < 1.29 is 14.7 Å². The second-order valence-corrected chi connectivity index (χ2v) is 6.60. The van der Waals surface area contributed by atoms with Crippen LogP contribution in [0.1, 0.15) is 50.7 Å². The summed E-state index contributed by atoms with van der Waals surface area (Å²) in [5.41, 5.74) is 2.32. The average Bonchev–Trinajstić information content (AvgIpc) is 2.43. The van der Waals surface area contributed by atoms with Crippen LogP contribution in [0.15, 0.2) is 24.3 Å². The van der Waals surface area contributed by atoms with Gasteiger partial charge in [0.15, 0.2) is 0 Å². The van der Waals surface area contributed by atoms with Crippen LogP contribution < -0.4 is 0 Å². The molecular formula is C18H27NO3. The Labute approximate surface area is 133 Å². The number of carbonyl (C=O) groups is 2. The SMILES string of the molecule is Cc1ccc(C(C)(C)CN(C)C(=O)CCCCC(=O)O)cc1. The van der Waals surface area contributed by atoms with Gasteiger partial charge in [-0.25, -0.2) is 0 Å². The van der Waals surface area contributed by atoms with Gasteiger partial charge < -0.3 is 10.0 Å². The van der Waals surface area contributed by atoms with Crippen molar-refractivity contribution in [3.05, 3.63) is 35.4 Å². The molecule has 0 fully saturated rings. The predicted octanol–water partition coefficient (Wildman–Crippen LogP) is 3.38. The second-order valence-electron chi connectivity index (χ2n) is 6.60. The first-order valence-electron chi connectivity index (χ1n) is 7.75. The fraction of sp³-hybridized carbons (Fsp3) is 0.556. The summed E-state index contributed by atoms with van der Waals surface area (Å²) in [6.45, 7) is 6.97. The number of nitrogens with zero attached hydrogens (tertiary/aromatic N) is 1. The molecule has 0 unspecified atom stereocenters. The molecule has 0 radical (unpaired) electrons. The number of unbranched alkanes of at least 4 members (excludes halogenated alkanes) is 1. The Morgan fingerprint density at radius 2 is 1.64 bits per heavy atom. The standard InChI is InChI=1S/C18H27NO3/c1-14-9-11-15(12-10-14)18(2,3)13-19(4)16(20)7-5-6-8-17(21)22/h9-12H,5-8,13H2,1-4H3,(H,21,22). The van der Waals surface area contributed by atoms with Crippen LogP contribution in [-0.2, 0) is 15.0 Å². The normalized spacial score (nSPS) is 11.3. The lowest BCUT2D eigenvalue weighted by Gasteiger charge is -2.31. The first-order valence-corrected chi connectivity index (χ1v) is 7.75. The van der Waals surface area contributed by atoms with E-state index in [0.29, 0.717) is 25.8 Å². The molecule has 0 spiro atoms. The van der Waals surface area contributed by atoms with Gasteiger partial charge in [0.2, 0.25) is 5.91 Å². The highest BCUT2D eigenvalue weighted by Gasteiger charge is 2.24. The van der Waals surface area contributed by atoms with Crippen LogP contribution in [0, 0.1) is 6.92 Å². The number of carboxylic acids is 1. The maximum Gasteiger partial charge on any atom is 0.303 e. The lowest BCUT2D eigenvalue weighted by atomic mass is 9.84. The molecule has 0 aromatic heterocycles. The van der Waals surface area contributed by atoms with Crippen molar-refractivity contribution in [2.45, 2.75) is 51.9 Å². The van der Waals surface area contributed by atoms with E-state index < -0.39 is 5.97 Å². The second kappa shape index (κ2) is 7.97. The quantitative estimate of drug-likeness (QED) is 0.749. The molecule has 0 aliphatic rings.